The van der Waals surface area contributed by atoms with Crippen LogP contribution in [0.2, 0.25) is 0 Å². The summed E-state index contributed by atoms with van der Waals surface area (Å²) in [5.74, 6) is 7.29. The molecule has 126 valence electrons. The van der Waals surface area contributed by atoms with Crippen LogP contribution in [-0.4, -0.2) is 19.3 Å². The van der Waals surface area contributed by atoms with Crippen molar-refractivity contribution < 1.29 is 4.74 Å². The average molecular weight is 322 g/mol. The molecule has 0 radical (unpaired) electrons. The highest BCUT2D eigenvalue weighted by molar-refractivity contribution is 5.71. The predicted molar refractivity (Wildman–Crippen MR) is 97.1 cm³/mol. The minimum absolute atomic E-state index is 0.334. The first-order valence-electron chi connectivity index (χ1n) is 9.28. The van der Waals surface area contributed by atoms with Crippen LogP contribution in [0.15, 0.2) is 23.9 Å². The number of fused-ring (bicyclic) bond motifs is 1. The third kappa shape index (κ3) is 3.60. The molecule has 1 atom stereocenters. The Labute approximate surface area is 144 Å². The first-order valence-corrected chi connectivity index (χ1v) is 9.28. The van der Waals surface area contributed by atoms with Gasteiger partial charge in [0.1, 0.15) is 0 Å². The van der Waals surface area contributed by atoms with E-state index in [0.29, 0.717) is 12.0 Å². The first kappa shape index (κ1) is 15.6. The zero-order chi connectivity index (χ0) is 16.4. The third-order valence-electron chi connectivity index (χ3n) is 5.18. The summed E-state index contributed by atoms with van der Waals surface area (Å²) in [5, 5.41) is 3.55. The minimum atomic E-state index is 0.334. The summed E-state index contributed by atoms with van der Waals surface area (Å²) < 4.78 is 5.80. The second-order valence-corrected chi connectivity index (χ2v) is 7.18. The standard InChI is InChI=1S/C21H26N2O/c22-21-19-10-8-16(7-6-15-4-5-15)13-17(19)9-11-20(21)23-14-18-3-1-2-12-24-18/h8,10,13,15,18,23H,1-5,9,11-12,14,22H2. The number of hydrogen-bond donors (Lipinski definition) is 2. The van der Waals surface area contributed by atoms with Crippen LogP contribution in [0.25, 0.3) is 5.70 Å². The highest BCUT2D eigenvalue weighted by Gasteiger charge is 2.20. The maximum Gasteiger partial charge on any atom is 0.0747 e. The Kier molecular flexibility index (Phi) is 4.49. The van der Waals surface area contributed by atoms with Crippen molar-refractivity contribution in [1.82, 2.24) is 5.32 Å². The quantitative estimate of drug-likeness (QED) is 0.840. The molecule has 1 aromatic rings. The van der Waals surface area contributed by atoms with Gasteiger partial charge in [-0.15, -0.1) is 0 Å². The average Bonchev–Trinajstić information content (AvgIpc) is 3.45. The van der Waals surface area contributed by atoms with E-state index < -0.39 is 0 Å². The maximum atomic E-state index is 6.43. The number of aryl methyl sites for hydroxylation is 1. The summed E-state index contributed by atoms with van der Waals surface area (Å²) in [6.07, 6.45) is 8.50. The summed E-state index contributed by atoms with van der Waals surface area (Å²) in [4.78, 5) is 0. The lowest BCUT2D eigenvalue weighted by molar-refractivity contribution is 0.0182. The van der Waals surface area contributed by atoms with Crippen molar-refractivity contribution in [1.29, 1.82) is 0 Å². The Hall–Kier alpha value is -1.92. The predicted octanol–water partition coefficient (Wildman–Crippen LogP) is 3.18. The lowest BCUT2D eigenvalue weighted by atomic mass is 9.91. The van der Waals surface area contributed by atoms with Gasteiger partial charge < -0.3 is 15.8 Å². The van der Waals surface area contributed by atoms with Crippen LogP contribution in [0, 0.1) is 17.8 Å². The fraction of sp³-hybridized carbons (Fsp3) is 0.524. The molecule has 24 heavy (non-hydrogen) atoms. The summed E-state index contributed by atoms with van der Waals surface area (Å²) in [7, 11) is 0. The molecule has 1 aliphatic heterocycles. The molecule has 3 N–H and O–H groups in total. The summed E-state index contributed by atoms with van der Waals surface area (Å²) in [5.41, 5.74) is 12.1. The molecular formula is C21H26N2O. The molecule has 0 spiro atoms. The van der Waals surface area contributed by atoms with Crippen LogP contribution in [0.1, 0.15) is 55.2 Å². The molecule has 0 aromatic heterocycles. The van der Waals surface area contributed by atoms with Crippen molar-refractivity contribution in [2.75, 3.05) is 13.2 Å². The van der Waals surface area contributed by atoms with Gasteiger partial charge in [-0.1, -0.05) is 17.9 Å². The Bertz CT molecular complexity index is 700. The van der Waals surface area contributed by atoms with Crippen molar-refractivity contribution in [2.24, 2.45) is 11.7 Å². The van der Waals surface area contributed by atoms with E-state index in [9.17, 15) is 0 Å². The van der Waals surface area contributed by atoms with Crippen LogP contribution >= 0.6 is 0 Å². The van der Waals surface area contributed by atoms with Gasteiger partial charge >= 0.3 is 0 Å². The van der Waals surface area contributed by atoms with Crippen LogP contribution in [0.3, 0.4) is 0 Å². The highest BCUT2D eigenvalue weighted by atomic mass is 16.5. The molecule has 1 unspecified atom stereocenters. The third-order valence-corrected chi connectivity index (χ3v) is 5.18. The molecule has 3 aliphatic rings. The molecule has 3 nitrogen and oxygen atoms in total. The number of nitrogens with two attached hydrogens (primary N) is 1. The van der Waals surface area contributed by atoms with E-state index in [4.69, 9.17) is 10.5 Å². The van der Waals surface area contributed by atoms with Gasteiger partial charge in [-0.25, -0.2) is 0 Å². The fourth-order valence-electron chi connectivity index (χ4n) is 3.50. The summed E-state index contributed by atoms with van der Waals surface area (Å²) in [6, 6.07) is 6.46. The maximum absolute atomic E-state index is 6.43. The normalized spacial score (nSPS) is 23.2. The first-order chi connectivity index (χ1) is 11.8. The molecule has 1 heterocycles. The number of allylic oxidation sites excluding steroid dienone is 1. The lowest BCUT2D eigenvalue weighted by Crippen LogP contribution is -2.33. The van der Waals surface area contributed by atoms with Crippen LogP contribution in [-0.2, 0) is 11.2 Å². The van der Waals surface area contributed by atoms with Crippen LogP contribution in [0.4, 0.5) is 0 Å². The van der Waals surface area contributed by atoms with Crippen LogP contribution < -0.4 is 11.1 Å². The van der Waals surface area contributed by atoms with E-state index >= 15 is 0 Å². The minimum Gasteiger partial charge on any atom is -0.397 e. The molecule has 1 saturated carbocycles. The lowest BCUT2D eigenvalue weighted by Gasteiger charge is -2.26. The van der Waals surface area contributed by atoms with Gasteiger partial charge in [-0.3, -0.25) is 0 Å². The van der Waals surface area contributed by atoms with Gasteiger partial charge in [0.2, 0.25) is 0 Å². The molecule has 2 fully saturated rings. The van der Waals surface area contributed by atoms with Gasteiger partial charge in [0.15, 0.2) is 0 Å². The molecular weight excluding hydrogens is 296 g/mol. The highest BCUT2D eigenvalue weighted by Crippen LogP contribution is 2.29. The molecule has 3 heteroatoms. The summed E-state index contributed by atoms with van der Waals surface area (Å²) >= 11 is 0. The molecule has 0 bridgehead atoms. The Morgan fingerprint density at radius 2 is 2.08 bits per heavy atom. The van der Waals surface area contributed by atoms with Crippen molar-refractivity contribution >= 4 is 5.70 Å². The Balaban J connectivity index is 1.45. The Morgan fingerprint density at radius 1 is 1.17 bits per heavy atom. The van der Waals surface area contributed by atoms with Gasteiger partial charge in [0.25, 0.3) is 0 Å². The number of hydrogen-bond acceptors (Lipinski definition) is 3. The Morgan fingerprint density at radius 3 is 2.88 bits per heavy atom. The number of benzene rings is 1. The van der Waals surface area contributed by atoms with Gasteiger partial charge in [0.05, 0.1) is 11.8 Å². The van der Waals surface area contributed by atoms with E-state index in [1.807, 2.05) is 0 Å². The zero-order valence-corrected chi connectivity index (χ0v) is 14.2. The number of ether oxygens (including phenoxy) is 1. The second kappa shape index (κ2) is 6.91. The van der Waals surface area contributed by atoms with E-state index in [1.54, 1.807) is 0 Å². The van der Waals surface area contributed by atoms with E-state index in [2.05, 4.69) is 35.4 Å². The van der Waals surface area contributed by atoms with E-state index in [-0.39, 0.29) is 0 Å². The van der Waals surface area contributed by atoms with Gasteiger partial charge in [0, 0.05) is 35.9 Å². The van der Waals surface area contributed by atoms with E-state index in [0.717, 1.165) is 43.7 Å². The monoisotopic (exact) mass is 322 g/mol. The molecule has 4 rings (SSSR count). The largest absolute Gasteiger partial charge is 0.397 e. The zero-order valence-electron chi connectivity index (χ0n) is 14.2. The molecule has 1 saturated heterocycles. The summed E-state index contributed by atoms with van der Waals surface area (Å²) in [6.45, 7) is 1.77. The number of rotatable bonds is 3. The molecule has 0 amide bonds. The van der Waals surface area contributed by atoms with Crippen molar-refractivity contribution in [2.45, 2.75) is 51.0 Å². The van der Waals surface area contributed by atoms with Gasteiger partial charge in [-0.2, -0.15) is 0 Å². The van der Waals surface area contributed by atoms with Gasteiger partial charge in [-0.05, 0) is 62.6 Å². The second-order valence-electron chi connectivity index (χ2n) is 7.18. The van der Waals surface area contributed by atoms with Crippen molar-refractivity contribution in [3.05, 3.63) is 40.6 Å². The molecule has 2 aliphatic carbocycles. The SMILES string of the molecule is NC1=C(NCC2CCCCO2)CCc2cc(C#CC3CC3)ccc21. The fourth-order valence-corrected chi connectivity index (χ4v) is 3.50. The van der Waals surface area contributed by atoms with Crippen molar-refractivity contribution in [3.63, 3.8) is 0 Å². The topological polar surface area (TPSA) is 47.3 Å². The number of nitrogens with one attached hydrogen (secondary N) is 1. The molecule has 1 aromatic carbocycles. The van der Waals surface area contributed by atoms with E-state index in [1.165, 1.54) is 42.5 Å². The van der Waals surface area contributed by atoms with Crippen molar-refractivity contribution in [3.8, 4) is 11.8 Å². The van der Waals surface area contributed by atoms with Crippen LogP contribution in [0.5, 0.6) is 0 Å². The smallest absolute Gasteiger partial charge is 0.0747 e.